The number of aliphatic hydroxyl groups is 1. The zero-order chi connectivity index (χ0) is 10.7. The van der Waals surface area contributed by atoms with Crippen LogP contribution in [0.2, 0.25) is 5.15 Å². The first-order chi connectivity index (χ1) is 7.24. The maximum atomic E-state index is 9.42. The Hall–Kier alpha value is -0.800. The Morgan fingerprint density at radius 3 is 2.73 bits per heavy atom. The molecule has 1 fully saturated rings. The van der Waals surface area contributed by atoms with Crippen molar-refractivity contribution in [3.63, 3.8) is 0 Å². The molecule has 3 nitrogen and oxygen atoms in total. The molecule has 2 rings (SSSR count). The van der Waals surface area contributed by atoms with Crippen LogP contribution < -0.4 is 5.32 Å². The van der Waals surface area contributed by atoms with Gasteiger partial charge in [-0.15, -0.1) is 0 Å². The maximum Gasteiger partial charge on any atom is 0.131 e. The Morgan fingerprint density at radius 2 is 2.13 bits per heavy atom. The van der Waals surface area contributed by atoms with E-state index in [2.05, 4.69) is 10.3 Å². The minimum Gasteiger partial charge on any atom is -0.394 e. The van der Waals surface area contributed by atoms with Gasteiger partial charge in [-0.25, -0.2) is 4.98 Å². The number of hydrogen-bond donors (Lipinski definition) is 2. The predicted octanol–water partition coefficient (Wildman–Crippen LogP) is 2.45. The van der Waals surface area contributed by atoms with Crippen LogP contribution in [0.3, 0.4) is 0 Å². The average molecular weight is 227 g/mol. The highest BCUT2D eigenvalue weighted by Crippen LogP contribution is 2.32. The molecule has 1 aromatic rings. The van der Waals surface area contributed by atoms with Crippen LogP contribution in [-0.4, -0.2) is 22.2 Å². The van der Waals surface area contributed by atoms with E-state index in [1.54, 1.807) is 6.07 Å². The minimum atomic E-state index is -0.183. The maximum absolute atomic E-state index is 9.42. The first-order valence-corrected chi connectivity index (χ1v) is 5.64. The average Bonchev–Trinajstić information content (AvgIpc) is 2.67. The smallest absolute Gasteiger partial charge is 0.131 e. The van der Waals surface area contributed by atoms with Gasteiger partial charge in [0.15, 0.2) is 0 Å². The normalized spacial score (nSPS) is 19.1. The van der Waals surface area contributed by atoms with E-state index in [-0.39, 0.29) is 12.1 Å². The van der Waals surface area contributed by atoms with Crippen molar-refractivity contribution in [1.29, 1.82) is 0 Å². The molecule has 1 saturated carbocycles. The highest BCUT2D eigenvalue weighted by Gasteiger charge is 2.33. The molecule has 1 aliphatic carbocycles. The lowest BCUT2D eigenvalue weighted by Crippen LogP contribution is -2.39. The van der Waals surface area contributed by atoms with E-state index in [1.807, 2.05) is 12.1 Å². The lowest BCUT2D eigenvalue weighted by molar-refractivity contribution is 0.214. The van der Waals surface area contributed by atoms with Crippen molar-refractivity contribution < 1.29 is 5.11 Å². The highest BCUT2D eigenvalue weighted by atomic mass is 35.5. The molecular weight excluding hydrogens is 212 g/mol. The fourth-order valence-electron chi connectivity index (χ4n) is 2.12. The SMILES string of the molecule is OCC1(Nc2cccc(Cl)n2)CCCC1. The first kappa shape index (κ1) is 10.7. The van der Waals surface area contributed by atoms with Gasteiger partial charge in [-0.05, 0) is 25.0 Å². The fourth-order valence-corrected chi connectivity index (χ4v) is 2.29. The van der Waals surface area contributed by atoms with Crippen molar-refractivity contribution in [2.24, 2.45) is 0 Å². The van der Waals surface area contributed by atoms with Crippen LogP contribution in [0.5, 0.6) is 0 Å². The molecule has 0 amide bonds. The molecule has 2 N–H and O–H groups in total. The summed E-state index contributed by atoms with van der Waals surface area (Å²) in [5.41, 5.74) is -0.183. The number of nitrogens with zero attached hydrogens (tertiary/aromatic N) is 1. The molecule has 0 saturated heterocycles. The molecule has 82 valence electrons. The lowest BCUT2D eigenvalue weighted by atomic mass is 9.99. The molecule has 1 heterocycles. The van der Waals surface area contributed by atoms with E-state index < -0.39 is 0 Å². The number of nitrogens with one attached hydrogen (secondary N) is 1. The summed E-state index contributed by atoms with van der Waals surface area (Å²) in [5, 5.41) is 13.2. The summed E-state index contributed by atoms with van der Waals surface area (Å²) in [6, 6.07) is 5.48. The molecule has 0 radical (unpaired) electrons. The molecule has 0 aromatic carbocycles. The van der Waals surface area contributed by atoms with Crippen molar-refractivity contribution in [3.05, 3.63) is 23.4 Å². The number of rotatable bonds is 3. The summed E-state index contributed by atoms with van der Waals surface area (Å²) in [6.07, 6.45) is 4.32. The topological polar surface area (TPSA) is 45.1 Å². The Labute approximate surface area is 94.5 Å². The van der Waals surface area contributed by atoms with Gasteiger partial charge >= 0.3 is 0 Å². The summed E-state index contributed by atoms with van der Waals surface area (Å²) >= 11 is 5.81. The Bertz CT molecular complexity index is 337. The Kier molecular flexibility index (Phi) is 3.12. The molecule has 1 aliphatic rings. The Morgan fingerprint density at radius 1 is 1.40 bits per heavy atom. The number of halogens is 1. The number of anilines is 1. The first-order valence-electron chi connectivity index (χ1n) is 5.26. The quantitative estimate of drug-likeness (QED) is 0.779. The Balaban J connectivity index is 2.12. The van der Waals surface area contributed by atoms with Gasteiger partial charge in [-0.3, -0.25) is 0 Å². The molecule has 15 heavy (non-hydrogen) atoms. The second-order valence-electron chi connectivity index (χ2n) is 4.12. The third-order valence-corrected chi connectivity index (χ3v) is 3.18. The minimum absolute atomic E-state index is 0.154. The molecule has 0 aliphatic heterocycles. The standard InChI is InChI=1S/C11H15ClN2O/c12-9-4-3-5-10(13-9)14-11(8-15)6-1-2-7-11/h3-5,15H,1-2,6-8H2,(H,13,14). The number of hydrogen-bond acceptors (Lipinski definition) is 3. The highest BCUT2D eigenvalue weighted by molar-refractivity contribution is 6.29. The van der Waals surface area contributed by atoms with E-state index in [0.29, 0.717) is 5.15 Å². The number of aliphatic hydroxyl groups excluding tert-OH is 1. The predicted molar refractivity (Wildman–Crippen MR) is 61.2 cm³/mol. The summed E-state index contributed by atoms with van der Waals surface area (Å²) in [4.78, 5) is 4.17. The molecule has 0 bridgehead atoms. The molecule has 0 unspecified atom stereocenters. The van der Waals surface area contributed by atoms with Gasteiger partial charge in [0.25, 0.3) is 0 Å². The van der Waals surface area contributed by atoms with Crippen molar-refractivity contribution in [2.45, 2.75) is 31.2 Å². The van der Waals surface area contributed by atoms with E-state index >= 15 is 0 Å². The van der Waals surface area contributed by atoms with Crippen LogP contribution in [0.15, 0.2) is 18.2 Å². The van der Waals surface area contributed by atoms with Crippen LogP contribution in [-0.2, 0) is 0 Å². The number of aromatic nitrogens is 1. The van der Waals surface area contributed by atoms with Crippen molar-refractivity contribution in [3.8, 4) is 0 Å². The van der Waals surface area contributed by atoms with Crippen LogP contribution in [0.4, 0.5) is 5.82 Å². The second kappa shape index (κ2) is 4.37. The monoisotopic (exact) mass is 226 g/mol. The third-order valence-electron chi connectivity index (χ3n) is 2.97. The third kappa shape index (κ3) is 2.41. The van der Waals surface area contributed by atoms with Crippen molar-refractivity contribution >= 4 is 17.4 Å². The van der Waals surface area contributed by atoms with E-state index in [0.717, 1.165) is 31.5 Å². The van der Waals surface area contributed by atoms with Crippen LogP contribution in [0.1, 0.15) is 25.7 Å². The molecule has 0 atom stereocenters. The zero-order valence-corrected chi connectivity index (χ0v) is 9.30. The molecule has 1 aromatic heterocycles. The molecule has 0 spiro atoms. The summed E-state index contributed by atoms with van der Waals surface area (Å²) < 4.78 is 0. The van der Waals surface area contributed by atoms with Gasteiger partial charge in [-0.1, -0.05) is 30.5 Å². The summed E-state index contributed by atoms with van der Waals surface area (Å²) in [7, 11) is 0. The molecular formula is C11H15ClN2O. The van der Waals surface area contributed by atoms with Crippen LogP contribution in [0.25, 0.3) is 0 Å². The number of pyridine rings is 1. The van der Waals surface area contributed by atoms with E-state index in [1.165, 1.54) is 0 Å². The fraction of sp³-hybridized carbons (Fsp3) is 0.545. The van der Waals surface area contributed by atoms with Gasteiger partial charge in [0.05, 0.1) is 12.1 Å². The van der Waals surface area contributed by atoms with Gasteiger partial charge in [-0.2, -0.15) is 0 Å². The second-order valence-corrected chi connectivity index (χ2v) is 4.50. The largest absolute Gasteiger partial charge is 0.394 e. The van der Waals surface area contributed by atoms with Crippen LogP contribution >= 0.6 is 11.6 Å². The van der Waals surface area contributed by atoms with Gasteiger partial charge in [0.1, 0.15) is 11.0 Å². The van der Waals surface area contributed by atoms with Gasteiger partial charge < -0.3 is 10.4 Å². The van der Waals surface area contributed by atoms with Gasteiger partial charge in [0, 0.05) is 0 Å². The lowest BCUT2D eigenvalue weighted by Gasteiger charge is -2.28. The van der Waals surface area contributed by atoms with Crippen LogP contribution in [0, 0.1) is 0 Å². The van der Waals surface area contributed by atoms with Gasteiger partial charge in [0.2, 0.25) is 0 Å². The van der Waals surface area contributed by atoms with Crippen molar-refractivity contribution in [1.82, 2.24) is 4.98 Å². The van der Waals surface area contributed by atoms with E-state index in [9.17, 15) is 5.11 Å². The van der Waals surface area contributed by atoms with Crippen molar-refractivity contribution in [2.75, 3.05) is 11.9 Å². The molecule has 4 heteroatoms. The summed E-state index contributed by atoms with van der Waals surface area (Å²) in [5.74, 6) is 0.749. The zero-order valence-electron chi connectivity index (χ0n) is 8.54. The van der Waals surface area contributed by atoms with E-state index in [4.69, 9.17) is 11.6 Å². The summed E-state index contributed by atoms with van der Waals surface area (Å²) in [6.45, 7) is 0.154.